The Labute approximate surface area is 109 Å². The lowest BCUT2D eigenvalue weighted by atomic mass is 9.91. The maximum Gasteiger partial charge on any atom is 0.0940 e. The van der Waals surface area contributed by atoms with Crippen molar-refractivity contribution in [1.82, 2.24) is 10.3 Å². The number of hydrogen-bond acceptors (Lipinski definition) is 3. The van der Waals surface area contributed by atoms with Crippen LogP contribution in [0.5, 0.6) is 0 Å². The Hall–Kier alpha value is -0.410. The molecule has 1 unspecified atom stereocenters. The minimum absolute atomic E-state index is 0.615. The summed E-state index contributed by atoms with van der Waals surface area (Å²) in [6.07, 6.45) is 13.0. The zero-order valence-electron chi connectivity index (χ0n) is 10.8. The van der Waals surface area contributed by atoms with Gasteiger partial charge in [0.1, 0.15) is 0 Å². The molecule has 96 valence electrons. The molecule has 1 saturated carbocycles. The largest absolute Gasteiger partial charge is 0.317 e. The topological polar surface area (TPSA) is 24.9 Å². The average molecular weight is 252 g/mol. The van der Waals surface area contributed by atoms with Crippen LogP contribution in [0.15, 0.2) is 11.6 Å². The molecule has 2 rings (SSSR count). The standard InChI is InChI=1S/C14H24N2S/c1-15-13(11-14-16-8-9-17-14)10-12-6-4-2-3-5-7-12/h8-9,12-13,15H,2-7,10-11H2,1H3. The number of aromatic nitrogens is 1. The molecule has 1 fully saturated rings. The van der Waals surface area contributed by atoms with Crippen LogP contribution in [0, 0.1) is 5.92 Å². The summed E-state index contributed by atoms with van der Waals surface area (Å²) in [7, 11) is 2.09. The van der Waals surface area contributed by atoms with Crippen LogP contribution in [0.25, 0.3) is 0 Å². The molecule has 0 amide bonds. The van der Waals surface area contributed by atoms with Gasteiger partial charge < -0.3 is 5.32 Å². The second-order valence-corrected chi connectivity index (χ2v) is 6.19. The van der Waals surface area contributed by atoms with Crippen molar-refractivity contribution in [2.45, 2.75) is 57.4 Å². The first-order chi connectivity index (χ1) is 8.38. The van der Waals surface area contributed by atoms with Gasteiger partial charge in [-0.2, -0.15) is 0 Å². The van der Waals surface area contributed by atoms with Gasteiger partial charge in [-0.05, 0) is 19.4 Å². The van der Waals surface area contributed by atoms with E-state index < -0.39 is 0 Å². The molecule has 0 aromatic carbocycles. The summed E-state index contributed by atoms with van der Waals surface area (Å²) in [6, 6.07) is 0.615. The van der Waals surface area contributed by atoms with E-state index in [1.54, 1.807) is 11.3 Å². The predicted molar refractivity (Wildman–Crippen MR) is 74.5 cm³/mol. The van der Waals surface area contributed by atoms with Crippen LogP contribution in [-0.4, -0.2) is 18.1 Å². The maximum absolute atomic E-state index is 4.39. The highest BCUT2D eigenvalue weighted by molar-refractivity contribution is 7.09. The summed E-state index contributed by atoms with van der Waals surface area (Å²) in [6.45, 7) is 0. The zero-order chi connectivity index (χ0) is 11.9. The molecule has 0 saturated heterocycles. The SMILES string of the molecule is CNC(Cc1nccs1)CC1CCCCCC1. The van der Waals surface area contributed by atoms with Gasteiger partial charge in [0.05, 0.1) is 5.01 Å². The molecule has 0 bridgehead atoms. The first-order valence-electron chi connectivity index (χ1n) is 6.94. The van der Waals surface area contributed by atoms with E-state index in [-0.39, 0.29) is 0 Å². The van der Waals surface area contributed by atoms with Gasteiger partial charge in [-0.25, -0.2) is 4.98 Å². The van der Waals surface area contributed by atoms with Gasteiger partial charge in [0.25, 0.3) is 0 Å². The van der Waals surface area contributed by atoms with E-state index in [1.807, 2.05) is 6.20 Å². The zero-order valence-corrected chi connectivity index (χ0v) is 11.6. The summed E-state index contributed by atoms with van der Waals surface area (Å²) in [5.74, 6) is 0.940. The molecular weight excluding hydrogens is 228 g/mol. The van der Waals surface area contributed by atoms with Gasteiger partial charge in [-0.3, -0.25) is 0 Å². The molecule has 1 N–H and O–H groups in total. The average Bonchev–Trinajstić information content (AvgIpc) is 2.71. The van der Waals surface area contributed by atoms with Crippen molar-refractivity contribution in [3.05, 3.63) is 16.6 Å². The smallest absolute Gasteiger partial charge is 0.0940 e. The fraction of sp³-hybridized carbons (Fsp3) is 0.786. The minimum atomic E-state index is 0.615. The van der Waals surface area contributed by atoms with E-state index in [4.69, 9.17) is 0 Å². The second kappa shape index (κ2) is 7.12. The third-order valence-corrected chi connectivity index (χ3v) is 4.71. The highest BCUT2D eigenvalue weighted by atomic mass is 32.1. The first-order valence-corrected chi connectivity index (χ1v) is 7.82. The van der Waals surface area contributed by atoms with Crippen molar-refractivity contribution in [2.75, 3.05) is 7.05 Å². The molecule has 1 atom stereocenters. The molecule has 1 aliphatic rings. The molecule has 1 aromatic rings. The van der Waals surface area contributed by atoms with Crippen molar-refractivity contribution in [1.29, 1.82) is 0 Å². The summed E-state index contributed by atoms with van der Waals surface area (Å²) < 4.78 is 0. The predicted octanol–water partition coefficient (Wildman–Crippen LogP) is 3.63. The Morgan fingerprint density at radius 1 is 1.35 bits per heavy atom. The van der Waals surface area contributed by atoms with Gasteiger partial charge in [0.2, 0.25) is 0 Å². The highest BCUT2D eigenvalue weighted by Gasteiger charge is 2.18. The summed E-state index contributed by atoms with van der Waals surface area (Å²) in [5, 5.41) is 6.83. The second-order valence-electron chi connectivity index (χ2n) is 5.21. The Morgan fingerprint density at radius 2 is 2.12 bits per heavy atom. The molecule has 0 radical (unpaired) electrons. The lowest BCUT2D eigenvalue weighted by molar-refractivity contribution is 0.361. The number of likely N-dealkylation sites (N-methyl/N-ethyl adjacent to an activating group) is 1. The number of rotatable bonds is 5. The fourth-order valence-corrected chi connectivity index (χ4v) is 3.57. The van der Waals surface area contributed by atoms with Gasteiger partial charge in [0, 0.05) is 24.0 Å². The highest BCUT2D eigenvalue weighted by Crippen LogP contribution is 2.27. The van der Waals surface area contributed by atoms with Crippen LogP contribution in [-0.2, 0) is 6.42 Å². The molecule has 2 nitrogen and oxygen atoms in total. The Balaban J connectivity index is 1.81. The van der Waals surface area contributed by atoms with Crippen molar-refractivity contribution in [3.8, 4) is 0 Å². The summed E-state index contributed by atoms with van der Waals surface area (Å²) in [4.78, 5) is 4.39. The van der Waals surface area contributed by atoms with Crippen LogP contribution >= 0.6 is 11.3 Å². The number of hydrogen-bond donors (Lipinski definition) is 1. The Morgan fingerprint density at radius 3 is 2.71 bits per heavy atom. The molecule has 0 spiro atoms. The molecule has 3 heteroatoms. The van der Waals surface area contributed by atoms with E-state index in [9.17, 15) is 0 Å². The van der Waals surface area contributed by atoms with Gasteiger partial charge in [-0.1, -0.05) is 38.5 Å². The van der Waals surface area contributed by atoms with Crippen LogP contribution < -0.4 is 5.32 Å². The number of nitrogens with one attached hydrogen (secondary N) is 1. The third-order valence-electron chi connectivity index (χ3n) is 3.91. The minimum Gasteiger partial charge on any atom is -0.317 e. The van der Waals surface area contributed by atoms with Crippen LogP contribution in [0.3, 0.4) is 0 Å². The first kappa shape index (κ1) is 13.0. The van der Waals surface area contributed by atoms with Crippen molar-refractivity contribution in [2.24, 2.45) is 5.92 Å². The molecule has 0 aliphatic heterocycles. The fourth-order valence-electron chi connectivity index (χ4n) is 2.87. The normalized spacial score (nSPS) is 20.1. The van der Waals surface area contributed by atoms with E-state index in [0.717, 1.165) is 12.3 Å². The van der Waals surface area contributed by atoms with Gasteiger partial charge in [0.15, 0.2) is 0 Å². The van der Waals surface area contributed by atoms with Crippen molar-refractivity contribution >= 4 is 11.3 Å². The monoisotopic (exact) mass is 252 g/mol. The van der Waals surface area contributed by atoms with Crippen LogP contribution in [0.1, 0.15) is 50.0 Å². The molecule has 1 heterocycles. The maximum atomic E-state index is 4.39. The van der Waals surface area contributed by atoms with E-state index in [2.05, 4.69) is 22.7 Å². The quantitative estimate of drug-likeness (QED) is 0.809. The summed E-state index contributed by atoms with van der Waals surface area (Å²) in [5.41, 5.74) is 0. The third kappa shape index (κ3) is 4.40. The number of nitrogens with zero attached hydrogens (tertiary/aromatic N) is 1. The van der Waals surface area contributed by atoms with E-state index >= 15 is 0 Å². The van der Waals surface area contributed by atoms with Crippen molar-refractivity contribution in [3.63, 3.8) is 0 Å². The van der Waals surface area contributed by atoms with Crippen molar-refractivity contribution < 1.29 is 0 Å². The van der Waals surface area contributed by atoms with Gasteiger partial charge in [-0.15, -0.1) is 11.3 Å². The van der Waals surface area contributed by atoms with E-state index in [1.165, 1.54) is 50.0 Å². The van der Waals surface area contributed by atoms with Crippen LogP contribution in [0.4, 0.5) is 0 Å². The molecular formula is C14H24N2S. The molecule has 17 heavy (non-hydrogen) atoms. The molecule has 1 aliphatic carbocycles. The Kier molecular flexibility index (Phi) is 5.46. The lowest BCUT2D eigenvalue weighted by Crippen LogP contribution is -2.30. The Bertz CT molecular complexity index is 289. The van der Waals surface area contributed by atoms with Gasteiger partial charge >= 0.3 is 0 Å². The lowest BCUT2D eigenvalue weighted by Gasteiger charge is -2.21. The van der Waals surface area contributed by atoms with E-state index in [0.29, 0.717) is 6.04 Å². The van der Waals surface area contributed by atoms with Crippen LogP contribution in [0.2, 0.25) is 0 Å². The summed E-state index contributed by atoms with van der Waals surface area (Å²) >= 11 is 1.78. The number of thiazole rings is 1. The molecule has 1 aromatic heterocycles.